The fourth-order valence-corrected chi connectivity index (χ4v) is 2.11. The molecule has 1 heterocycles. The molecule has 18 heavy (non-hydrogen) atoms. The summed E-state index contributed by atoms with van der Waals surface area (Å²) in [5.41, 5.74) is 0.751. The Morgan fingerprint density at radius 3 is 2.61 bits per heavy atom. The van der Waals surface area contributed by atoms with E-state index in [1.54, 1.807) is 35.2 Å². The molecule has 6 heteroatoms. The van der Waals surface area contributed by atoms with Crippen LogP contribution < -0.4 is 0 Å². The van der Waals surface area contributed by atoms with Crippen molar-refractivity contribution in [3.05, 3.63) is 40.6 Å². The molecule has 1 aromatic heterocycles. The molecule has 1 aromatic carbocycles. The number of carbonyl (C=O) groups excluding carboxylic acids is 1. The smallest absolute Gasteiger partial charge is 0.325 e. The molecule has 0 aliphatic heterocycles. The molecule has 0 radical (unpaired) electrons. The molecule has 0 spiro atoms. The zero-order valence-corrected chi connectivity index (χ0v) is 11.1. The Morgan fingerprint density at radius 2 is 2.00 bits per heavy atom. The van der Waals surface area contributed by atoms with Gasteiger partial charge in [0.25, 0.3) is 0 Å². The Hall–Kier alpha value is -1.52. The summed E-state index contributed by atoms with van der Waals surface area (Å²) < 4.78 is 6.30. The van der Waals surface area contributed by atoms with E-state index in [9.17, 15) is 4.79 Å². The van der Waals surface area contributed by atoms with Crippen molar-refractivity contribution >= 4 is 29.2 Å². The fourth-order valence-electron chi connectivity index (χ4n) is 1.58. The predicted molar refractivity (Wildman–Crippen MR) is 69.7 cm³/mol. The number of benzene rings is 1. The molecule has 0 fully saturated rings. The molecule has 0 bridgehead atoms. The van der Waals surface area contributed by atoms with Gasteiger partial charge in [-0.3, -0.25) is 4.79 Å². The maximum absolute atomic E-state index is 11.3. The van der Waals surface area contributed by atoms with Gasteiger partial charge in [-0.05, 0) is 18.2 Å². The largest absolute Gasteiger partial charge is 0.468 e. The second kappa shape index (κ2) is 5.42. The average Bonchev–Trinajstić information content (AvgIpc) is 2.75. The highest BCUT2D eigenvalue weighted by Gasteiger charge is 2.10. The van der Waals surface area contributed by atoms with Gasteiger partial charge in [0, 0.05) is 28.0 Å². The maximum atomic E-state index is 11.3. The van der Waals surface area contributed by atoms with Gasteiger partial charge < -0.3 is 9.30 Å². The summed E-state index contributed by atoms with van der Waals surface area (Å²) in [7, 11) is 1.34. The van der Waals surface area contributed by atoms with Crippen LogP contribution in [0.5, 0.6) is 0 Å². The van der Waals surface area contributed by atoms with Crippen LogP contribution in [0.4, 0.5) is 0 Å². The summed E-state index contributed by atoms with van der Waals surface area (Å²) in [4.78, 5) is 15.5. The van der Waals surface area contributed by atoms with Crippen molar-refractivity contribution in [2.45, 2.75) is 6.54 Å². The van der Waals surface area contributed by atoms with Crippen LogP contribution in [-0.4, -0.2) is 22.6 Å². The maximum Gasteiger partial charge on any atom is 0.325 e. The molecule has 0 aliphatic rings. The molecule has 0 unspecified atom stereocenters. The van der Waals surface area contributed by atoms with Crippen LogP contribution >= 0.6 is 23.2 Å². The molecule has 0 saturated carbocycles. The summed E-state index contributed by atoms with van der Waals surface area (Å²) in [5.74, 6) is 0.271. The number of methoxy groups -OCH3 is 1. The van der Waals surface area contributed by atoms with Gasteiger partial charge >= 0.3 is 5.97 Å². The van der Waals surface area contributed by atoms with Crippen LogP contribution in [0.1, 0.15) is 0 Å². The SMILES string of the molecule is COC(=O)Cn1ccnc1-c1cc(Cl)cc(Cl)c1. The van der Waals surface area contributed by atoms with Gasteiger partial charge in [0.1, 0.15) is 12.4 Å². The normalized spacial score (nSPS) is 10.4. The van der Waals surface area contributed by atoms with E-state index in [-0.39, 0.29) is 12.5 Å². The number of rotatable bonds is 3. The summed E-state index contributed by atoms with van der Waals surface area (Å²) in [5, 5.41) is 1.04. The molecule has 0 amide bonds. The van der Waals surface area contributed by atoms with Crippen molar-refractivity contribution in [2.75, 3.05) is 7.11 Å². The highest BCUT2D eigenvalue weighted by atomic mass is 35.5. The van der Waals surface area contributed by atoms with Crippen molar-refractivity contribution in [2.24, 2.45) is 0 Å². The van der Waals surface area contributed by atoms with Gasteiger partial charge in [-0.25, -0.2) is 4.98 Å². The van der Waals surface area contributed by atoms with Crippen molar-refractivity contribution in [3.63, 3.8) is 0 Å². The Labute approximate surface area is 114 Å². The Kier molecular flexibility index (Phi) is 3.89. The number of hydrogen-bond acceptors (Lipinski definition) is 3. The number of hydrogen-bond donors (Lipinski definition) is 0. The lowest BCUT2D eigenvalue weighted by molar-refractivity contribution is -0.141. The first-order valence-electron chi connectivity index (χ1n) is 5.14. The van der Waals surface area contributed by atoms with Gasteiger partial charge in [0.2, 0.25) is 0 Å². The molecule has 2 rings (SSSR count). The molecule has 0 saturated heterocycles. The standard InChI is InChI=1S/C12H10Cl2N2O2/c1-18-11(17)7-16-3-2-15-12(16)8-4-9(13)6-10(14)5-8/h2-6H,7H2,1H3. The summed E-state index contributed by atoms with van der Waals surface area (Å²) >= 11 is 11.9. The Bertz CT molecular complexity index is 561. The second-order valence-electron chi connectivity index (χ2n) is 3.61. The van der Waals surface area contributed by atoms with Crippen LogP contribution in [0.2, 0.25) is 10.0 Å². The van der Waals surface area contributed by atoms with Crippen LogP contribution in [0.25, 0.3) is 11.4 Å². The first-order chi connectivity index (χ1) is 8.60. The highest BCUT2D eigenvalue weighted by molar-refractivity contribution is 6.35. The molecular weight excluding hydrogens is 275 g/mol. The van der Waals surface area contributed by atoms with E-state index in [4.69, 9.17) is 23.2 Å². The Morgan fingerprint density at radius 1 is 1.33 bits per heavy atom. The van der Waals surface area contributed by atoms with Crippen molar-refractivity contribution in [1.82, 2.24) is 9.55 Å². The molecular formula is C12H10Cl2N2O2. The van der Waals surface area contributed by atoms with E-state index >= 15 is 0 Å². The number of halogens is 2. The van der Waals surface area contributed by atoms with Crippen LogP contribution in [0.3, 0.4) is 0 Å². The Balaban J connectivity index is 2.39. The third kappa shape index (κ3) is 2.83. The van der Waals surface area contributed by atoms with Gasteiger partial charge in [-0.15, -0.1) is 0 Å². The number of esters is 1. The quantitative estimate of drug-likeness (QED) is 0.814. The van der Waals surface area contributed by atoms with E-state index < -0.39 is 0 Å². The van der Waals surface area contributed by atoms with E-state index in [1.807, 2.05) is 0 Å². The molecule has 4 nitrogen and oxygen atoms in total. The van der Waals surface area contributed by atoms with E-state index in [1.165, 1.54) is 7.11 Å². The lowest BCUT2D eigenvalue weighted by Crippen LogP contribution is -2.11. The first kappa shape index (κ1) is 12.9. The van der Waals surface area contributed by atoms with Gasteiger partial charge in [0.15, 0.2) is 0 Å². The number of ether oxygens (including phenoxy) is 1. The average molecular weight is 285 g/mol. The third-order valence-corrected chi connectivity index (χ3v) is 2.80. The van der Waals surface area contributed by atoms with E-state index in [2.05, 4.69) is 9.72 Å². The molecule has 2 aromatic rings. The summed E-state index contributed by atoms with van der Waals surface area (Å²) in [6.07, 6.45) is 3.30. The minimum atomic E-state index is -0.345. The third-order valence-electron chi connectivity index (χ3n) is 2.36. The number of nitrogens with zero attached hydrogens (tertiary/aromatic N) is 2. The van der Waals surface area contributed by atoms with E-state index in [0.29, 0.717) is 15.9 Å². The van der Waals surface area contributed by atoms with E-state index in [0.717, 1.165) is 5.56 Å². The monoisotopic (exact) mass is 284 g/mol. The highest BCUT2D eigenvalue weighted by Crippen LogP contribution is 2.26. The lowest BCUT2D eigenvalue weighted by atomic mass is 10.2. The van der Waals surface area contributed by atoms with Crippen molar-refractivity contribution < 1.29 is 9.53 Å². The fraction of sp³-hybridized carbons (Fsp3) is 0.167. The first-order valence-corrected chi connectivity index (χ1v) is 5.90. The minimum absolute atomic E-state index is 0.0932. The van der Waals surface area contributed by atoms with Crippen LogP contribution in [0, 0.1) is 0 Å². The zero-order valence-electron chi connectivity index (χ0n) is 9.56. The van der Waals surface area contributed by atoms with Gasteiger partial charge in [0.05, 0.1) is 7.11 Å². The summed E-state index contributed by atoms with van der Waals surface area (Å²) in [6.45, 7) is 0.0932. The minimum Gasteiger partial charge on any atom is -0.468 e. The van der Waals surface area contributed by atoms with Crippen LogP contribution in [-0.2, 0) is 16.1 Å². The molecule has 0 aliphatic carbocycles. The summed E-state index contributed by atoms with van der Waals surface area (Å²) in [6, 6.07) is 5.12. The van der Waals surface area contributed by atoms with Gasteiger partial charge in [-0.1, -0.05) is 23.2 Å². The predicted octanol–water partition coefficient (Wildman–Crippen LogP) is 3.03. The zero-order chi connectivity index (χ0) is 13.1. The lowest BCUT2D eigenvalue weighted by Gasteiger charge is -2.07. The van der Waals surface area contributed by atoms with Crippen molar-refractivity contribution in [3.8, 4) is 11.4 Å². The van der Waals surface area contributed by atoms with Gasteiger partial charge in [-0.2, -0.15) is 0 Å². The molecule has 0 atom stereocenters. The van der Waals surface area contributed by atoms with Crippen molar-refractivity contribution in [1.29, 1.82) is 0 Å². The number of carbonyl (C=O) groups is 1. The number of imidazole rings is 1. The molecule has 0 N–H and O–H groups in total. The van der Waals surface area contributed by atoms with Crippen LogP contribution in [0.15, 0.2) is 30.6 Å². The second-order valence-corrected chi connectivity index (χ2v) is 4.49. The topological polar surface area (TPSA) is 44.1 Å². The number of aromatic nitrogens is 2. The molecule has 94 valence electrons.